The van der Waals surface area contributed by atoms with Gasteiger partial charge in [-0.05, 0) is 38.5 Å². The second-order valence-corrected chi connectivity index (χ2v) is 4.46. The van der Waals surface area contributed by atoms with Crippen molar-refractivity contribution in [3.8, 4) is 0 Å². The van der Waals surface area contributed by atoms with Gasteiger partial charge < -0.3 is 23.7 Å². The van der Waals surface area contributed by atoms with Gasteiger partial charge in [-0.1, -0.05) is 0 Å². The molecular weight excluding hydrogens is 224 g/mol. The molecule has 2 saturated heterocycles. The molecule has 0 aliphatic carbocycles. The third-order valence-corrected chi connectivity index (χ3v) is 3.20. The van der Waals surface area contributed by atoms with E-state index in [1.807, 2.05) is 0 Å². The first-order valence-electron chi connectivity index (χ1n) is 6.34. The van der Waals surface area contributed by atoms with Crippen LogP contribution in [0.4, 0.5) is 0 Å². The molecule has 17 heavy (non-hydrogen) atoms. The van der Waals surface area contributed by atoms with Crippen LogP contribution in [-0.4, -0.2) is 39.4 Å². The highest BCUT2D eigenvalue weighted by atomic mass is 16.8. The van der Waals surface area contributed by atoms with E-state index in [0.29, 0.717) is 0 Å². The summed E-state index contributed by atoms with van der Waals surface area (Å²) in [6.07, 6.45) is 5.07. The van der Waals surface area contributed by atoms with Gasteiger partial charge in [0.25, 0.3) is 0 Å². The third kappa shape index (κ3) is 3.89. The first-order valence-corrected chi connectivity index (χ1v) is 6.34. The molecule has 2 fully saturated rings. The Hall–Kier alpha value is -0.200. The van der Waals surface area contributed by atoms with Gasteiger partial charge in [0.2, 0.25) is 0 Å². The molecule has 5 heteroatoms. The molecule has 0 radical (unpaired) electrons. The van der Waals surface area contributed by atoms with Gasteiger partial charge in [0, 0.05) is 14.2 Å². The standard InChI is InChI=1S/C12H22O5/c1-13-9-5-3-7-11(15-9)17-12-8-4-6-10(14-2)16-12/h9-12H,3-8H2,1-2H3. The lowest BCUT2D eigenvalue weighted by Gasteiger charge is -2.34. The second kappa shape index (κ2) is 6.66. The van der Waals surface area contributed by atoms with Crippen molar-refractivity contribution in [2.24, 2.45) is 0 Å². The van der Waals surface area contributed by atoms with Gasteiger partial charge in [-0.3, -0.25) is 0 Å². The lowest BCUT2D eigenvalue weighted by atomic mass is 10.1. The average Bonchev–Trinajstić information content (AvgIpc) is 2.39. The van der Waals surface area contributed by atoms with Gasteiger partial charge in [0.05, 0.1) is 0 Å². The Kier molecular flexibility index (Phi) is 5.18. The normalized spacial score (nSPS) is 39.2. The second-order valence-electron chi connectivity index (χ2n) is 4.46. The summed E-state index contributed by atoms with van der Waals surface area (Å²) >= 11 is 0. The zero-order valence-corrected chi connectivity index (χ0v) is 10.6. The maximum Gasteiger partial charge on any atom is 0.163 e. The summed E-state index contributed by atoms with van der Waals surface area (Å²) in [4.78, 5) is 0. The molecule has 0 aromatic heterocycles. The number of ether oxygens (including phenoxy) is 5. The van der Waals surface area contributed by atoms with Gasteiger partial charge in [0.15, 0.2) is 25.2 Å². The van der Waals surface area contributed by atoms with Crippen LogP contribution in [0, 0.1) is 0 Å². The van der Waals surface area contributed by atoms with Crippen molar-refractivity contribution in [1.29, 1.82) is 0 Å². The van der Waals surface area contributed by atoms with Crippen LogP contribution < -0.4 is 0 Å². The van der Waals surface area contributed by atoms with E-state index < -0.39 is 0 Å². The van der Waals surface area contributed by atoms with Gasteiger partial charge in [-0.2, -0.15) is 0 Å². The first kappa shape index (κ1) is 13.2. The van der Waals surface area contributed by atoms with E-state index in [0.717, 1.165) is 38.5 Å². The van der Waals surface area contributed by atoms with Crippen LogP contribution in [0.25, 0.3) is 0 Å². The summed E-state index contributed by atoms with van der Waals surface area (Å²) in [6, 6.07) is 0. The Morgan fingerprint density at radius 1 is 0.706 bits per heavy atom. The van der Waals surface area contributed by atoms with E-state index in [4.69, 9.17) is 23.7 Å². The summed E-state index contributed by atoms with van der Waals surface area (Å²) in [5, 5.41) is 0. The lowest BCUT2D eigenvalue weighted by molar-refractivity contribution is -0.337. The fraction of sp³-hybridized carbons (Fsp3) is 1.00. The van der Waals surface area contributed by atoms with Crippen LogP contribution in [-0.2, 0) is 23.7 Å². The van der Waals surface area contributed by atoms with Gasteiger partial charge in [-0.25, -0.2) is 0 Å². The van der Waals surface area contributed by atoms with E-state index in [2.05, 4.69) is 0 Å². The molecule has 4 atom stereocenters. The van der Waals surface area contributed by atoms with E-state index in [-0.39, 0.29) is 25.2 Å². The maximum absolute atomic E-state index is 5.79. The van der Waals surface area contributed by atoms with Crippen molar-refractivity contribution in [2.75, 3.05) is 14.2 Å². The van der Waals surface area contributed by atoms with Crippen molar-refractivity contribution in [2.45, 2.75) is 63.7 Å². The molecule has 4 unspecified atom stereocenters. The summed E-state index contributed by atoms with van der Waals surface area (Å²) in [6.45, 7) is 0. The monoisotopic (exact) mass is 246 g/mol. The predicted octanol–water partition coefficient (Wildman–Crippen LogP) is 2.00. The van der Waals surface area contributed by atoms with Crippen molar-refractivity contribution < 1.29 is 23.7 Å². The zero-order valence-electron chi connectivity index (χ0n) is 10.6. The molecule has 0 aromatic carbocycles. The quantitative estimate of drug-likeness (QED) is 0.759. The van der Waals surface area contributed by atoms with Crippen molar-refractivity contribution in [3.05, 3.63) is 0 Å². The largest absolute Gasteiger partial charge is 0.356 e. The Morgan fingerprint density at radius 2 is 1.12 bits per heavy atom. The SMILES string of the molecule is COC1CCCC(OC2CCCC(OC)O2)O1. The van der Waals surface area contributed by atoms with E-state index >= 15 is 0 Å². The average molecular weight is 246 g/mol. The van der Waals surface area contributed by atoms with Crippen LogP contribution in [0.5, 0.6) is 0 Å². The Bertz CT molecular complexity index is 201. The number of rotatable bonds is 4. The van der Waals surface area contributed by atoms with Gasteiger partial charge in [-0.15, -0.1) is 0 Å². The molecule has 100 valence electrons. The molecular formula is C12H22O5. The molecule has 2 heterocycles. The number of hydrogen-bond donors (Lipinski definition) is 0. The number of methoxy groups -OCH3 is 2. The molecule has 5 nitrogen and oxygen atoms in total. The molecule has 0 amide bonds. The summed E-state index contributed by atoms with van der Waals surface area (Å²) in [7, 11) is 3.32. The molecule has 2 rings (SSSR count). The minimum absolute atomic E-state index is 0.143. The summed E-state index contributed by atoms with van der Waals surface area (Å²) in [5.41, 5.74) is 0. The molecule has 0 spiro atoms. The highest BCUT2D eigenvalue weighted by Gasteiger charge is 2.29. The van der Waals surface area contributed by atoms with Crippen LogP contribution >= 0.6 is 0 Å². The first-order chi connectivity index (χ1) is 8.31. The molecule has 0 saturated carbocycles. The van der Waals surface area contributed by atoms with Crippen LogP contribution in [0.1, 0.15) is 38.5 Å². The fourth-order valence-corrected chi connectivity index (χ4v) is 2.23. The highest BCUT2D eigenvalue weighted by Crippen LogP contribution is 2.26. The zero-order chi connectivity index (χ0) is 12.1. The van der Waals surface area contributed by atoms with Crippen molar-refractivity contribution >= 4 is 0 Å². The van der Waals surface area contributed by atoms with E-state index in [1.54, 1.807) is 14.2 Å². The van der Waals surface area contributed by atoms with E-state index in [1.165, 1.54) is 0 Å². The predicted molar refractivity (Wildman–Crippen MR) is 60.1 cm³/mol. The summed E-state index contributed by atoms with van der Waals surface area (Å²) < 4.78 is 27.4. The van der Waals surface area contributed by atoms with Gasteiger partial charge >= 0.3 is 0 Å². The van der Waals surface area contributed by atoms with Gasteiger partial charge in [0.1, 0.15) is 0 Å². The maximum atomic E-state index is 5.79. The molecule has 0 N–H and O–H groups in total. The Balaban J connectivity index is 1.75. The van der Waals surface area contributed by atoms with Crippen LogP contribution in [0.15, 0.2) is 0 Å². The van der Waals surface area contributed by atoms with Crippen LogP contribution in [0.2, 0.25) is 0 Å². The Labute approximate surface area is 102 Å². The van der Waals surface area contributed by atoms with Crippen molar-refractivity contribution in [1.82, 2.24) is 0 Å². The van der Waals surface area contributed by atoms with Crippen molar-refractivity contribution in [3.63, 3.8) is 0 Å². The third-order valence-electron chi connectivity index (χ3n) is 3.20. The molecule has 2 aliphatic heterocycles. The summed E-state index contributed by atoms with van der Waals surface area (Å²) in [5.74, 6) is 0. The molecule has 2 aliphatic rings. The van der Waals surface area contributed by atoms with E-state index in [9.17, 15) is 0 Å². The highest BCUT2D eigenvalue weighted by molar-refractivity contribution is 4.63. The molecule has 0 aromatic rings. The Morgan fingerprint density at radius 3 is 1.53 bits per heavy atom. The number of hydrogen-bond acceptors (Lipinski definition) is 5. The van der Waals surface area contributed by atoms with Crippen LogP contribution in [0.3, 0.4) is 0 Å². The molecule has 0 bridgehead atoms. The smallest absolute Gasteiger partial charge is 0.163 e. The lowest BCUT2D eigenvalue weighted by Crippen LogP contribution is -2.38. The fourth-order valence-electron chi connectivity index (χ4n) is 2.23. The topological polar surface area (TPSA) is 46.2 Å². The minimum atomic E-state index is -0.214. The minimum Gasteiger partial charge on any atom is -0.356 e.